The molecule has 1 aromatic heterocycles. The molecular formula is C27H34N4O5. The van der Waals surface area contributed by atoms with Crippen molar-refractivity contribution in [2.24, 2.45) is 0 Å². The van der Waals surface area contributed by atoms with E-state index in [-0.39, 0.29) is 47.7 Å². The highest BCUT2D eigenvalue weighted by Crippen LogP contribution is 2.30. The Balaban J connectivity index is 1.16. The summed E-state index contributed by atoms with van der Waals surface area (Å²) < 4.78 is 11.2. The molecule has 3 atom stereocenters. The van der Waals surface area contributed by atoms with Gasteiger partial charge in [0.05, 0.1) is 38.0 Å². The first-order valence-corrected chi connectivity index (χ1v) is 12.8. The minimum atomic E-state index is -0.737. The van der Waals surface area contributed by atoms with Crippen LogP contribution in [0.1, 0.15) is 51.7 Å². The SMILES string of the molecule is CCOc1nc(C(=O)N2C3CCC2COC3)ccc1C(=O)NC[C@@H](O)CNC1Cc2ccccc2C1. The van der Waals surface area contributed by atoms with Gasteiger partial charge in [0.25, 0.3) is 11.8 Å². The molecule has 2 amide bonds. The predicted octanol–water partition coefficient (Wildman–Crippen LogP) is 1.33. The molecule has 9 nitrogen and oxygen atoms in total. The fraction of sp³-hybridized carbons (Fsp3) is 0.519. The maximum absolute atomic E-state index is 13.2. The van der Waals surface area contributed by atoms with Gasteiger partial charge in [-0.3, -0.25) is 9.59 Å². The lowest BCUT2D eigenvalue weighted by Crippen LogP contribution is -2.49. The Hall–Kier alpha value is -3.01. The Bertz CT molecular complexity index is 1070. The number of carbonyl (C=O) groups excluding carboxylic acids is 2. The van der Waals surface area contributed by atoms with Gasteiger partial charge < -0.3 is 30.1 Å². The number of nitrogens with zero attached hydrogens (tertiary/aromatic N) is 2. The van der Waals surface area contributed by atoms with E-state index in [0.717, 1.165) is 25.7 Å². The number of rotatable bonds is 9. The monoisotopic (exact) mass is 494 g/mol. The van der Waals surface area contributed by atoms with E-state index in [9.17, 15) is 14.7 Å². The molecule has 2 unspecified atom stereocenters. The topological polar surface area (TPSA) is 113 Å². The number of amides is 2. The summed E-state index contributed by atoms with van der Waals surface area (Å²) in [7, 11) is 0. The van der Waals surface area contributed by atoms with Crippen LogP contribution in [0.15, 0.2) is 36.4 Å². The average Bonchev–Trinajstić information content (AvgIpc) is 3.42. The van der Waals surface area contributed by atoms with Crippen LogP contribution >= 0.6 is 0 Å². The van der Waals surface area contributed by atoms with E-state index < -0.39 is 12.0 Å². The van der Waals surface area contributed by atoms with E-state index >= 15 is 0 Å². The highest BCUT2D eigenvalue weighted by Gasteiger charge is 2.41. The van der Waals surface area contributed by atoms with Gasteiger partial charge in [-0.05, 0) is 55.9 Å². The van der Waals surface area contributed by atoms with Crippen LogP contribution in [-0.2, 0) is 17.6 Å². The number of benzene rings is 1. The maximum Gasteiger partial charge on any atom is 0.273 e. The number of nitrogens with one attached hydrogen (secondary N) is 2. The lowest BCUT2D eigenvalue weighted by Gasteiger charge is -2.34. The molecule has 0 saturated carbocycles. The number of hydrogen-bond donors (Lipinski definition) is 3. The zero-order chi connectivity index (χ0) is 25.1. The predicted molar refractivity (Wildman–Crippen MR) is 133 cm³/mol. The number of aromatic nitrogens is 1. The van der Waals surface area contributed by atoms with E-state index in [1.54, 1.807) is 19.1 Å². The molecule has 2 aliphatic heterocycles. The number of aliphatic hydroxyl groups excluding tert-OH is 1. The fourth-order valence-corrected chi connectivity index (χ4v) is 5.46. The summed E-state index contributed by atoms with van der Waals surface area (Å²) in [6.45, 7) is 3.68. The molecule has 0 spiro atoms. The van der Waals surface area contributed by atoms with Gasteiger partial charge in [0.2, 0.25) is 5.88 Å². The molecule has 2 bridgehead atoms. The molecule has 2 saturated heterocycles. The van der Waals surface area contributed by atoms with Crippen LogP contribution in [0.5, 0.6) is 5.88 Å². The number of aliphatic hydroxyl groups is 1. The molecule has 2 aromatic rings. The summed E-state index contributed by atoms with van der Waals surface area (Å²) >= 11 is 0. The minimum Gasteiger partial charge on any atom is -0.477 e. The summed E-state index contributed by atoms with van der Waals surface area (Å²) in [5.74, 6) is -0.434. The molecule has 192 valence electrons. The van der Waals surface area contributed by atoms with E-state index in [4.69, 9.17) is 9.47 Å². The molecular weight excluding hydrogens is 460 g/mol. The van der Waals surface area contributed by atoms with Gasteiger partial charge in [-0.2, -0.15) is 0 Å². The molecule has 1 aromatic carbocycles. The number of morpholine rings is 1. The number of hydrogen-bond acceptors (Lipinski definition) is 7. The third-order valence-electron chi connectivity index (χ3n) is 7.27. The van der Waals surface area contributed by atoms with Gasteiger partial charge in [0.15, 0.2) is 0 Å². The lowest BCUT2D eigenvalue weighted by atomic mass is 10.1. The summed E-state index contributed by atoms with van der Waals surface area (Å²) in [4.78, 5) is 32.3. The first kappa shape index (κ1) is 24.7. The Morgan fingerprint density at radius 2 is 1.81 bits per heavy atom. The molecule has 36 heavy (non-hydrogen) atoms. The summed E-state index contributed by atoms with van der Waals surface area (Å²) in [6.07, 6.45) is 3.00. The van der Waals surface area contributed by atoms with Gasteiger partial charge in [0.1, 0.15) is 11.3 Å². The maximum atomic E-state index is 13.2. The van der Waals surface area contributed by atoms with Crippen LogP contribution in [0, 0.1) is 0 Å². The van der Waals surface area contributed by atoms with Crippen molar-refractivity contribution in [2.45, 2.75) is 56.8 Å². The summed E-state index contributed by atoms with van der Waals surface area (Å²) in [5, 5.41) is 16.6. The molecule has 9 heteroatoms. The quantitative estimate of drug-likeness (QED) is 0.482. The van der Waals surface area contributed by atoms with Crippen LogP contribution in [0.4, 0.5) is 0 Å². The standard InChI is InChI=1S/C27H34N4O5/c1-2-36-26-23(9-10-24(30-26)27(34)31-20-7-8-21(31)16-35-15-20)25(33)29-14-22(32)13-28-19-11-17-5-3-4-6-18(17)12-19/h3-6,9-10,19-22,28,32H,2,7-8,11-16H2,1H3,(H,29,33)/t20?,21?,22-/m0/s1. The molecule has 2 fully saturated rings. The molecule has 3 N–H and O–H groups in total. The van der Waals surface area contributed by atoms with Gasteiger partial charge in [-0.25, -0.2) is 4.98 Å². The summed E-state index contributed by atoms with van der Waals surface area (Å²) in [5.41, 5.74) is 3.19. The number of carbonyl (C=O) groups is 2. The first-order chi connectivity index (χ1) is 17.5. The van der Waals surface area contributed by atoms with Crippen LogP contribution in [0.3, 0.4) is 0 Å². The molecule has 3 aliphatic rings. The van der Waals surface area contributed by atoms with Crippen LogP contribution in [-0.4, -0.2) is 83.9 Å². The van der Waals surface area contributed by atoms with Gasteiger partial charge in [-0.1, -0.05) is 24.3 Å². The molecule has 5 rings (SSSR count). The van der Waals surface area contributed by atoms with Gasteiger partial charge in [0, 0.05) is 19.1 Å². The number of pyridine rings is 1. The number of fused-ring (bicyclic) bond motifs is 3. The Kier molecular flexibility index (Phi) is 7.50. The fourth-order valence-electron chi connectivity index (χ4n) is 5.46. The highest BCUT2D eigenvalue weighted by molar-refractivity contribution is 5.98. The van der Waals surface area contributed by atoms with Crippen molar-refractivity contribution < 1.29 is 24.2 Å². The van der Waals surface area contributed by atoms with Crippen molar-refractivity contribution in [1.82, 2.24) is 20.5 Å². The zero-order valence-corrected chi connectivity index (χ0v) is 20.6. The summed E-state index contributed by atoms with van der Waals surface area (Å²) in [6, 6.07) is 12.0. The second kappa shape index (κ2) is 10.9. The van der Waals surface area contributed by atoms with Crippen molar-refractivity contribution in [1.29, 1.82) is 0 Å². The zero-order valence-electron chi connectivity index (χ0n) is 20.6. The average molecular weight is 495 g/mol. The van der Waals surface area contributed by atoms with Crippen LogP contribution < -0.4 is 15.4 Å². The molecule has 1 aliphatic carbocycles. The van der Waals surface area contributed by atoms with Crippen molar-refractivity contribution >= 4 is 11.8 Å². The third-order valence-corrected chi connectivity index (χ3v) is 7.27. The Morgan fingerprint density at radius 1 is 1.11 bits per heavy atom. The lowest BCUT2D eigenvalue weighted by molar-refractivity contribution is -0.00750. The largest absolute Gasteiger partial charge is 0.477 e. The third kappa shape index (κ3) is 5.23. The first-order valence-electron chi connectivity index (χ1n) is 12.8. The smallest absolute Gasteiger partial charge is 0.273 e. The van der Waals surface area contributed by atoms with Gasteiger partial charge >= 0.3 is 0 Å². The van der Waals surface area contributed by atoms with Crippen molar-refractivity contribution in [3.63, 3.8) is 0 Å². The normalized spacial score (nSPS) is 21.8. The molecule has 3 heterocycles. The Labute approximate surface area is 211 Å². The van der Waals surface area contributed by atoms with Crippen LogP contribution in [0.25, 0.3) is 0 Å². The molecule has 0 radical (unpaired) electrons. The van der Waals surface area contributed by atoms with Gasteiger partial charge in [-0.15, -0.1) is 0 Å². The van der Waals surface area contributed by atoms with Crippen LogP contribution in [0.2, 0.25) is 0 Å². The van der Waals surface area contributed by atoms with E-state index in [0.29, 0.717) is 26.4 Å². The van der Waals surface area contributed by atoms with E-state index in [1.807, 2.05) is 17.0 Å². The second-order valence-corrected chi connectivity index (χ2v) is 9.76. The number of ether oxygens (including phenoxy) is 2. The highest BCUT2D eigenvalue weighted by atomic mass is 16.5. The van der Waals surface area contributed by atoms with Crippen molar-refractivity contribution in [2.75, 3.05) is 32.9 Å². The van der Waals surface area contributed by atoms with Crippen molar-refractivity contribution in [3.05, 3.63) is 58.8 Å². The van der Waals surface area contributed by atoms with Crippen molar-refractivity contribution in [3.8, 4) is 5.88 Å². The Morgan fingerprint density at radius 3 is 2.47 bits per heavy atom. The minimum absolute atomic E-state index is 0.0741. The van der Waals surface area contributed by atoms with E-state index in [1.165, 1.54) is 11.1 Å². The van der Waals surface area contributed by atoms with E-state index in [2.05, 4.69) is 27.8 Å². The second-order valence-electron chi connectivity index (χ2n) is 9.76.